The minimum atomic E-state index is 0.00709. The van der Waals surface area contributed by atoms with Gasteiger partial charge in [0, 0.05) is 35.5 Å². The Labute approximate surface area is 148 Å². The van der Waals surface area contributed by atoms with Crippen LogP contribution in [0.15, 0.2) is 39.7 Å². The molecule has 0 atom stereocenters. The molecular formula is C16H19BrN6O. The Morgan fingerprint density at radius 2 is 2.17 bits per heavy atom. The maximum Gasteiger partial charge on any atom is 0.224 e. The van der Waals surface area contributed by atoms with Crippen LogP contribution in [0.25, 0.3) is 0 Å². The van der Waals surface area contributed by atoms with Crippen LogP contribution in [0.1, 0.15) is 32.0 Å². The summed E-state index contributed by atoms with van der Waals surface area (Å²) in [5, 5.41) is 13.7. The highest BCUT2D eigenvalue weighted by Crippen LogP contribution is 2.26. The Hall–Kier alpha value is -2.35. The molecule has 0 aliphatic heterocycles. The van der Waals surface area contributed by atoms with Crippen LogP contribution in [0.3, 0.4) is 0 Å². The second kappa shape index (κ2) is 6.64. The van der Waals surface area contributed by atoms with Gasteiger partial charge in [-0.2, -0.15) is 10.1 Å². The quantitative estimate of drug-likeness (QED) is 0.604. The molecule has 0 bridgehead atoms. The molecule has 0 fully saturated rings. The van der Waals surface area contributed by atoms with Gasteiger partial charge in [0.15, 0.2) is 11.6 Å². The van der Waals surface area contributed by atoms with Crippen molar-refractivity contribution in [1.82, 2.24) is 20.2 Å². The van der Waals surface area contributed by atoms with E-state index in [-0.39, 0.29) is 5.41 Å². The topological polar surface area (TPSA) is 91.7 Å². The van der Waals surface area contributed by atoms with Gasteiger partial charge < -0.3 is 15.1 Å². The van der Waals surface area contributed by atoms with Crippen molar-refractivity contribution in [1.29, 1.82) is 0 Å². The number of anilines is 3. The molecule has 24 heavy (non-hydrogen) atoms. The Morgan fingerprint density at radius 3 is 2.83 bits per heavy atom. The average molecular weight is 391 g/mol. The number of furan rings is 1. The molecule has 3 aromatic heterocycles. The molecule has 0 saturated carbocycles. The molecular weight excluding hydrogens is 372 g/mol. The molecule has 0 saturated heterocycles. The van der Waals surface area contributed by atoms with E-state index in [4.69, 9.17) is 4.42 Å². The first-order chi connectivity index (χ1) is 11.4. The minimum absolute atomic E-state index is 0.00709. The van der Waals surface area contributed by atoms with Crippen LogP contribution in [0.5, 0.6) is 0 Å². The van der Waals surface area contributed by atoms with Crippen LogP contribution < -0.4 is 10.6 Å². The van der Waals surface area contributed by atoms with Crippen LogP contribution in [0.2, 0.25) is 0 Å². The lowest BCUT2D eigenvalue weighted by molar-refractivity contribution is 0.564. The monoisotopic (exact) mass is 390 g/mol. The van der Waals surface area contributed by atoms with Gasteiger partial charge in [-0.25, -0.2) is 4.98 Å². The van der Waals surface area contributed by atoms with E-state index in [2.05, 4.69) is 67.5 Å². The maximum absolute atomic E-state index is 5.04. The van der Waals surface area contributed by atoms with Crippen LogP contribution in [-0.4, -0.2) is 20.2 Å². The summed E-state index contributed by atoms with van der Waals surface area (Å²) in [6.07, 6.45) is 5.02. The summed E-state index contributed by atoms with van der Waals surface area (Å²) in [4.78, 5) is 8.73. The Balaban J connectivity index is 1.73. The molecule has 0 aliphatic rings. The van der Waals surface area contributed by atoms with Crippen LogP contribution >= 0.6 is 15.9 Å². The molecule has 3 aromatic rings. The first kappa shape index (κ1) is 16.5. The molecule has 0 amide bonds. The second-order valence-corrected chi connectivity index (χ2v) is 7.27. The highest BCUT2D eigenvalue weighted by molar-refractivity contribution is 9.10. The number of nitrogens with zero attached hydrogens (tertiary/aromatic N) is 3. The van der Waals surface area contributed by atoms with E-state index in [9.17, 15) is 0 Å². The van der Waals surface area contributed by atoms with Crippen molar-refractivity contribution >= 4 is 33.5 Å². The summed E-state index contributed by atoms with van der Waals surface area (Å²) in [6.45, 7) is 6.97. The summed E-state index contributed by atoms with van der Waals surface area (Å²) < 4.78 is 5.80. The number of aromatic amines is 1. The van der Waals surface area contributed by atoms with Crippen LogP contribution in [-0.2, 0) is 12.0 Å². The number of hydrogen-bond acceptors (Lipinski definition) is 6. The molecule has 3 N–H and O–H groups in total. The second-order valence-electron chi connectivity index (χ2n) is 6.42. The first-order valence-electron chi connectivity index (χ1n) is 7.52. The Kier molecular flexibility index (Phi) is 4.57. The van der Waals surface area contributed by atoms with Gasteiger partial charge in [0.25, 0.3) is 0 Å². The molecule has 0 spiro atoms. The fourth-order valence-corrected chi connectivity index (χ4v) is 2.30. The maximum atomic E-state index is 5.04. The van der Waals surface area contributed by atoms with Gasteiger partial charge in [0.1, 0.15) is 0 Å². The minimum Gasteiger partial charge on any atom is -0.472 e. The molecule has 8 heteroatoms. The van der Waals surface area contributed by atoms with Crippen molar-refractivity contribution in [2.75, 3.05) is 10.6 Å². The fraction of sp³-hybridized carbons (Fsp3) is 0.312. The number of nitrogens with one attached hydrogen (secondary N) is 3. The number of aromatic nitrogens is 4. The summed E-state index contributed by atoms with van der Waals surface area (Å²) >= 11 is 3.46. The van der Waals surface area contributed by atoms with Gasteiger partial charge in [0.05, 0.1) is 17.0 Å². The smallest absolute Gasteiger partial charge is 0.224 e. The largest absolute Gasteiger partial charge is 0.472 e. The lowest BCUT2D eigenvalue weighted by Gasteiger charge is -2.14. The number of halogens is 1. The van der Waals surface area contributed by atoms with Gasteiger partial charge in [-0.1, -0.05) is 20.8 Å². The van der Waals surface area contributed by atoms with Crippen molar-refractivity contribution in [3.8, 4) is 0 Å². The van der Waals surface area contributed by atoms with Gasteiger partial charge in [-0.05, 0) is 22.0 Å². The molecule has 0 aromatic carbocycles. The Morgan fingerprint density at radius 1 is 1.33 bits per heavy atom. The normalized spacial score (nSPS) is 11.5. The van der Waals surface area contributed by atoms with Gasteiger partial charge in [0.2, 0.25) is 5.95 Å². The average Bonchev–Trinajstić information content (AvgIpc) is 3.19. The van der Waals surface area contributed by atoms with Crippen LogP contribution in [0, 0.1) is 0 Å². The van der Waals surface area contributed by atoms with E-state index in [1.54, 1.807) is 18.7 Å². The van der Waals surface area contributed by atoms with Gasteiger partial charge in [-0.15, -0.1) is 0 Å². The van der Waals surface area contributed by atoms with E-state index in [0.717, 1.165) is 15.7 Å². The predicted molar refractivity (Wildman–Crippen MR) is 96.3 cm³/mol. The van der Waals surface area contributed by atoms with Crippen molar-refractivity contribution in [3.05, 3.63) is 46.6 Å². The van der Waals surface area contributed by atoms with Crippen molar-refractivity contribution in [2.45, 2.75) is 32.7 Å². The van der Waals surface area contributed by atoms with Crippen LogP contribution in [0.4, 0.5) is 17.6 Å². The number of hydrogen-bond donors (Lipinski definition) is 3. The third-order valence-corrected chi connectivity index (χ3v) is 3.99. The lowest BCUT2D eigenvalue weighted by Crippen LogP contribution is -2.11. The molecule has 7 nitrogen and oxygen atoms in total. The highest BCUT2D eigenvalue weighted by atomic mass is 79.9. The summed E-state index contributed by atoms with van der Waals surface area (Å²) in [5.41, 5.74) is 2.08. The third-order valence-electron chi connectivity index (χ3n) is 3.41. The summed E-state index contributed by atoms with van der Waals surface area (Å²) in [5.74, 6) is 1.88. The SMILES string of the molecule is CC(C)(C)c1cc(Nc2nc(NCc3ccoc3)ncc2Br)n[nH]1. The summed E-state index contributed by atoms with van der Waals surface area (Å²) in [7, 11) is 0. The number of rotatable bonds is 5. The van der Waals surface area contributed by atoms with Crippen molar-refractivity contribution in [3.63, 3.8) is 0 Å². The molecule has 0 unspecified atom stereocenters. The van der Waals surface area contributed by atoms with Gasteiger partial charge in [-0.3, -0.25) is 5.10 Å². The standard InChI is InChI=1S/C16H19BrN6O/c1-16(2,3)12-6-13(23-22-12)20-14-11(17)8-19-15(21-14)18-7-10-4-5-24-9-10/h4-6,8-9H,7H2,1-3H3,(H3,18,19,20,21,22,23). The first-order valence-corrected chi connectivity index (χ1v) is 8.31. The molecule has 3 rings (SSSR count). The van der Waals surface area contributed by atoms with Crippen molar-refractivity contribution in [2.24, 2.45) is 0 Å². The van der Waals surface area contributed by atoms with Crippen molar-refractivity contribution < 1.29 is 4.42 Å². The van der Waals surface area contributed by atoms with E-state index in [1.807, 2.05) is 12.1 Å². The molecule has 3 heterocycles. The molecule has 0 radical (unpaired) electrons. The van der Waals surface area contributed by atoms with E-state index >= 15 is 0 Å². The highest BCUT2D eigenvalue weighted by Gasteiger charge is 2.17. The van der Waals surface area contributed by atoms with E-state index in [0.29, 0.717) is 24.1 Å². The zero-order valence-electron chi connectivity index (χ0n) is 13.7. The lowest BCUT2D eigenvalue weighted by atomic mass is 9.92. The zero-order valence-corrected chi connectivity index (χ0v) is 15.3. The Bertz CT molecular complexity index is 806. The zero-order chi connectivity index (χ0) is 17.2. The predicted octanol–water partition coefficient (Wildman–Crippen LogP) is 4.21. The number of H-pyrrole nitrogens is 1. The van der Waals surface area contributed by atoms with E-state index in [1.165, 1.54) is 0 Å². The molecule has 126 valence electrons. The third kappa shape index (κ3) is 3.94. The summed E-state index contributed by atoms with van der Waals surface area (Å²) in [6, 6.07) is 3.87. The molecule has 0 aliphatic carbocycles. The fourth-order valence-electron chi connectivity index (χ4n) is 2.01. The van der Waals surface area contributed by atoms with Gasteiger partial charge >= 0.3 is 0 Å². The van der Waals surface area contributed by atoms with E-state index < -0.39 is 0 Å².